The highest BCUT2D eigenvalue weighted by molar-refractivity contribution is 6.03. The zero-order valence-corrected chi connectivity index (χ0v) is 18.6. The number of hydrogen-bond donors (Lipinski definition) is 0. The summed E-state index contributed by atoms with van der Waals surface area (Å²) >= 11 is 0. The van der Waals surface area contributed by atoms with Gasteiger partial charge in [0, 0.05) is 35.7 Å². The molecule has 3 aliphatic rings. The lowest BCUT2D eigenvalue weighted by Gasteiger charge is -2.43. The van der Waals surface area contributed by atoms with E-state index < -0.39 is 5.67 Å². The first-order valence-electron chi connectivity index (χ1n) is 11.4. The predicted octanol–water partition coefficient (Wildman–Crippen LogP) is 5.12. The summed E-state index contributed by atoms with van der Waals surface area (Å²) in [5.41, 5.74) is 0.825. The monoisotopic (exact) mass is 441 g/mol. The number of ether oxygens (including phenoxy) is 2. The molecule has 2 aromatic carbocycles. The number of ketones is 1. The largest absolute Gasteiger partial charge is 0.493 e. The maximum Gasteiger partial charge on any atom is 0.166 e. The molecule has 0 spiro atoms. The summed E-state index contributed by atoms with van der Waals surface area (Å²) < 4.78 is 41.0. The first-order chi connectivity index (χ1) is 15.4. The van der Waals surface area contributed by atoms with Gasteiger partial charge in [-0.05, 0) is 62.3 Å². The predicted molar refractivity (Wildman–Crippen MR) is 118 cm³/mol. The molecule has 6 heteroatoms. The van der Waals surface area contributed by atoms with Crippen LogP contribution in [-0.2, 0) is 13.0 Å². The molecule has 3 unspecified atom stereocenters. The Labute approximate surface area is 187 Å². The number of carbonyl (C=O) groups excluding carboxylic acids is 1. The Morgan fingerprint density at radius 1 is 1.06 bits per heavy atom. The van der Waals surface area contributed by atoms with Crippen molar-refractivity contribution in [1.82, 2.24) is 4.90 Å². The van der Waals surface area contributed by atoms with E-state index in [1.165, 1.54) is 6.07 Å². The first-order valence-corrected chi connectivity index (χ1v) is 11.4. The smallest absolute Gasteiger partial charge is 0.166 e. The fourth-order valence-corrected chi connectivity index (χ4v) is 6.13. The quantitative estimate of drug-likeness (QED) is 0.624. The molecule has 0 aromatic heterocycles. The van der Waals surface area contributed by atoms with E-state index >= 15 is 4.39 Å². The van der Waals surface area contributed by atoms with Gasteiger partial charge < -0.3 is 9.47 Å². The van der Waals surface area contributed by atoms with E-state index in [-0.39, 0.29) is 36.0 Å². The minimum absolute atomic E-state index is 0.000823. The molecule has 2 aromatic rings. The average molecular weight is 442 g/mol. The Morgan fingerprint density at radius 3 is 2.38 bits per heavy atom. The van der Waals surface area contributed by atoms with Gasteiger partial charge in [0.25, 0.3) is 0 Å². The molecule has 1 aliphatic carbocycles. The van der Waals surface area contributed by atoms with Gasteiger partial charge in [-0.25, -0.2) is 8.78 Å². The van der Waals surface area contributed by atoms with E-state index in [1.807, 2.05) is 18.2 Å². The molecular formula is C26H29F2NO3. The standard InChI is InChI=1S/C26H29F2NO3/c1-31-23-10-17-9-18(25(30)21(17)11-24(23)32-2)12-26(28)13-19-7-8-20(14-26)29(19)15-16-5-3-4-6-22(16)27/h3-6,10-11,18-20H,7-9,12-15H2,1-2H3. The summed E-state index contributed by atoms with van der Waals surface area (Å²) in [6.07, 6.45) is 3.45. The molecule has 2 bridgehead atoms. The molecular weight excluding hydrogens is 412 g/mol. The van der Waals surface area contributed by atoms with E-state index in [9.17, 15) is 9.18 Å². The van der Waals surface area contributed by atoms with Crippen molar-refractivity contribution in [3.8, 4) is 11.5 Å². The molecule has 0 N–H and O–H groups in total. The van der Waals surface area contributed by atoms with Gasteiger partial charge in [0.2, 0.25) is 0 Å². The molecule has 2 fully saturated rings. The van der Waals surface area contributed by atoms with Crippen LogP contribution in [0.2, 0.25) is 0 Å². The summed E-state index contributed by atoms with van der Waals surface area (Å²) in [5, 5.41) is 0. The van der Waals surface area contributed by atoms with Gasteiger partial charge in [-0.2, -0.15) is 0 Å². The molecule has 5 rings (SSSR count). The van der Waals surface area contributed by atoms with E-state index in [4.69, 9.17) is 9.47 Å². The third-order valence-corrected chi connectivity index (χ3v) is 7.61. The number of alkyl halides is 1. The fourth-order valence-electron chi connectivity index (χ4n) is 6.13. The van der Waals surface area contributed by atoms with Gasteiger partial charge in [-0.1, -0.05) is 18.2 Å². The van der Waals surface area contributed by atoms with Gasteiger partial charge in [0.05, 0.1) is 14.2 Å². The fraction of sp³-hybridized carbons (Fsp3) is 0.500. The highest BCUT2D eigenvalue weighted by atomic mass is 19.1. The second kappa shape index (κ2) is 8.14. The molecule has 0 saturated carbocycles. The number of carbonyl (C=O) groups is 1. The van der Waals surface area contributed by atoms with Gasteiger partial charge >= 0.3 is 0 Å². The van der Waals surface area contributed by atoms with Crippen molar-refractivity contribution in [2.24, 2.45) is 5.92 Å². The van der Waals surface area contributed by atoms with Crippen molar-refractivity contribution < 1.29 is 23.0 Å². The minimum Gasteiger partial charge on any atom is -0.493 e. The van der Waals surface area contributed by atoms with Crippen LogP contribution in [0.5, 0.6) is 11.5 Å². The maximum absolute atomic E-state index is 16.1. The Balaban J connectivity index is 1.30. The molecule has 2 aliphatic heterocycles. The number of hydrogen-bond acceptors (Lipinski definition) is 4. The SMILES string of the molecule is COc1cc2c(cc1OC)C(=O)C(CC1(F)CC3CCC(C1)N3Cc1ccccc1F)C2. The van der Waals surface area contributed by atoms with Crippen molar-refractivity contribution in [2.45, 2.75) is 62.8 Å². The summed E-state index contributed by atoms with van der Waals surface area (Å²) in [6.45, 7) is 0.519. The van der Waals surface area contributed by atoms with Crippen molar-refractivity contribution in [1.29, 1.82) is 0 Å². The Bertz CT molecular complexity index is 1030. The Morgan fingerprint density at radius 2 is 1.72 bits per heavy atom. The normalized spacial score (nSPS) is 29.2. The highest BCUT2D eigenvalue weighted by Gasteiger charge is 2.50. The summed E-state index contributed by atoms with van der Waals surface area (Å²) in [5.74, 6) is 0.552. The van der Waals surface area contributed by atoms with E-state index in [0.717, 1.165) is 18.4 Å². The van der Waals surface area contributed by atoms with Crippen LogP contribution >= 0.6 is 0 Å². The van der Waals surface area contributed by atoms with Gasteiger partial charge in [-0.15, -0.1) is 0 Å². The summed E-state index contributed by atoms with van der Waals surface area (Å²) in [4.78, 5) is 15.4. The molecule has 3 atom stereocenters. The third kappa shape index (κ3) is 3.68. The molecule has 0 radical (unpaired) electrons. The highest BCUT2D eigenvalue weighted by Crippen LogP contribution is 2.48. The lowest BCUT2D eigenvalue weighted by atomic mass is 9.79. The molecule has 2 heterocycles. The van der Waals surface area contributed by atoms with E-state index in [0.29, 0.717) is 48.4 Å². The van der Waals surface area contributed by atoms with Gasteiger partial charge in [0.1, 0.15) is 11.5 Å². The second-order valence-corrected chi connectivity index (χ2v) is 9.54. The van der Waals surface area contributed by atoms with Crippen LogP contribution in [0, 0.1) is 11.7 Å². The van der Waals surface area contributed by atoms with Gasteiger partial charge in [-0.3, -0.25) is 9.69 Å². The number of fused-ring (bicyclic) bond motifs is 3. The number of halogens is 2. The van der Waals surface area contributed by atoms with Gasteiger partial charge in [0.15, 0.2) is 17.3 Å². The molecule has 2 saturated heterocycles. The summed E-state index contributed by atoms with van der Waals surface area (Å²) in [6, 6.07) is 10.6. The lowest BCUT2D eigenvalue weighted by molar-refractivity contribution is -0.00689. The minimum atomic E-state index is -1.37. The summed E-state index contributed by atoms with van der Waals surface area (Å²) in [7, 11) is 3.11. The van der Waals surface area contributed by atoms with Crippen molar-refractivity contribution in [2.75, 3.05) is 14.2 Å². The zero-order chi connectivity index (χ0) is 22.5. The van der Waals surface area contributed by atoms with Crippen LogP contribution in [0.25, 0.3) is 0 Å². The van der Waals surface area contributed by atoms with Crippen molar-refractivity contribution in [3.05, 3.63) is 58.9 Å². The van der Waals surface area contributed by atoms with Crippen LogP contribution < -0.4 is 9.47 Å². The number of nitrogens with zero attached hydrogens (tertiary/aromatic N) is 1. The zero-order valence-electron chi connectivity index (χ0n) is 18.6. The van der Waals surface area contributed by atoms with E-state index in [1.54, 1.807) is 26.4 Å². The Hall–Kier alpha value is -2.47. The van der Waals surface area contributed by atoms with Crippen LogP contribution in [0.3, 0.4) is 0 Å². The average Bonchev–Trinajstić information content (AvgIpc) is 3.21. The molecule has 4 nitrogen and oxygen atoms in total. The number of rotatable bonds is 6. The van der Waals surface area contributed by atoms with E-state index in [2.05, 4.69) is 4.90 Å². The van der Waals surface area contributed by atoms with Crippen LogP contribution in [0.1, 0.15) is 53.6 Å². The number of benzene rings is 2. The number of methoxy groups -OCH3 is 2. The Kier molecular flexibility index (Phi) is 5.44. The van der Waals surface area contributed by atoms with Crippen molar-refractivity contribution >= 4 is 5.78 Å². The second-order valence-electron chi connectivity index (χ2n) is 9.54. The molecule has 170 valence electrons. The topological polar surface area (TPSA) is 38.8 Å². The van der Waals surface area contributed by atoms with Crippen molar-refractivity contribution in [3.63, 3.8) is 0 Å². The number of piperidine rings is 1. The third-order valence-electron chi connectivity index (χ3n) is 7.61. The molecule has 32 heavy (non-hydrogen) atoms. The van der Waals surface area contributed by atoms with Crippen LogP contribution in [0.4, 0.5) is 8.78 Å². The molecule has 0 amide bonds. The lowest BCUT2D eigenvalue weighted by Crippen LogP contribution is -2.49. The first kappa shape index (κ1) is 21.4. The van der Waals surface area contributed by atoms with Crippen LogP contribution in [-0.4, -0.2) is 42.7 Å². The van der Waals surface area contributed by atoms with Crippen LogP contribution in [0.15, 0.2) is 36.4 Å². The maximum atomic E-state index is 16.1. The number of Topliss-reactive ketones (excluding diaryl/α,β-unsaturated/α-hetero) is 1.